The molecule has 2 aromatic rings. The molecule has 2 aromatic heterocycles. The molecular weight excluding hydrogens is 216 g/mol. The van der Waals surface area contributed by atoms with Gasteiger partial charge in [0.05, 0.1) is 6.33 Å². The number of H-pyrrole nitrogens is 2. The maximum atomic E-state index is 11.5. The van der Waals surface area contributed by atoms with Crippen molar-refractivity contribution in [1.29, 1.82) is 0 Å². The summed E-state index contributed by atoms with van der Waals surface area (Å²) in [4.78, 5) is 24.6. The fourth-order valence-electron chi connectivity index (χ4n) is 1.07. The molecule has 0 radical (unpaired) electrons. The van der Waals surface area contributed by atoms with Gasteiger partial charge in [-0.25, -0.2) is 4.98 Å². The molecule has 7 nitrogen and oxygen atoms in total. The lowest BCUT2D eigenvalue weighted by molar-refractivity contribution is 1.13. The number of thiocarbonyl (C=S) groups is 1. The Balaban J connectivity index is 2.45. The summed E-state index contributed by atoms with van der Waals surface area (Å²) in [6.07, 6.45) is 1.41. The Hall–Kier alpha value is -1.96. The molecule has 0 fully saturated rings. The molecule has 0 saturated carbocycles. The van der Waals surface area contributed by atoms with Crippen molar-refractivity contribution < 1.29 is 0 Å². The normalized spacial score (nSPS) is 10.2. The van der Waals surface area contributed by atoms with Gasteiger partial charge < -0.3 is 15.6 Å². The van der Waals surface area contributed by atoms with E-state index >= 15 is 0 Å². The molecule has 0 atom stereocenters. The first kappa shape index (κ1) is 9.59. The second-order valence-corrected chi connectivity index (χ2v) is 3.13. The van der Waals surface area contributed by atoms with E-state index in [-0.39, 0.29) is 11.5 Å². The number of aromatic nitrogens is 4. The van der Waals surface area contributed by atoms with Gasteiger partial charge in [0.25, 0.3) is 5.56 Å². The third kappa shape index (κ3) is 1.79. The van der Waals surface area contributed by atoms with E-state index in [1.165, 1.54) is 6.33 Å². The monoisotopic (exact) mass is 224 g/mol. The van der Waals surface area contributed by atoms with Crippen LogP contribution in [0.5, 0.6) is 0 Å². The van der Waals surface area contributed by atoms with E-state index < -0.39 is 0 Å². The second-order valence-electron chi connectivity index (χ2n) is 2.72. The summed E-state index contributed by atoms with van der Waals surface area (Å²) in [5.41, 5.74) is 0.398. The van der Waals surface area contributed by atoms with E-state index in [0.29, 0.717) is 16.3 Å². The van der Waals surface area contributed by atoms with Crippen LogP contribution in [0.2, 0.25) is 0 Å². The smallest absolute Gasteiger partial charge is 0.278 e. The molecule has 0 aliphatic heterocycles. The quantitative estimate of drug-likeness (QED) is 0.490. The zero-order chi connectivity index (χ0) is 10.8. The van der Waals surface area contributed by atoms with Crippen LogP contribution >= 0.6 is 12.2 Å². The Labute approximate surface area is 89.3 Å². The van der Waals surface area contributed by atoms with Gasteiger partial charge >= 0.3 is 0 Å². The summed E-state index contributed by atoms with van der Waals surface area (Å²) >= 11 is 4.87. The van der Waals surface area contributed by atoms with Crippen molar-refractivity contribution in [2.24, 2.45) is 0 Å². The standard InChI is InChI=1S/C7H8N6OS/c1-8-7(15)13-6-11-4-3(5(14)12-6)9-2-10-4/h2H,1H3,(H4,8,9,10,11,12,13,14,15). The number of fused-ring (bicyclic) bond motifs is 1. The van der Waals surface area contributed by atoms with Crippen LogP contribution in [0.1, 0.15) is 0 Å². The van der Waals surface area contributed by atoms with Gasteiger partial charge in [-0.2, -0.15) is 4.98 Å². The lowest BCUT2D eigenvalue weighted by Crippen LogP contribution is -2.26. The van der Waals surface area contributed by atoms with E-state index in [9.17, 15) is 4.79 Å². The van der Waals surface area contributed by atoms with E-state index in [1.54, 1.807) is 7.05 Å². The highest BCUT2D eigenvalue weighted by Crippen LogP contribution is 2.02. The highest BCUT2D eigenvalue weighted by Gasteiger charge is 2.05. The van der Waals surface area contributed by atoms with E-state index in [1.807, 2.05) is 0 Å². The van der Waals surface area contributed by atoms with Crippen LogP contribution in [0.4, 0.5) is 5.95 Å². The number of nitrogens with zero attached hydrogens (tertiary/aromatic N) is 2. The van der Waals surface area contributed by atoms with Gasteiger partial charge in [-0.1, -0.05) is 0 Å². The van der Waals surface area contributed by atoms with Crippen LogP contribution in [0.3, 0.4) is 0 Å². The van der Waals surface area contributed by atoms with Crippen LogP contribution < -0.4 is 16.2 Å². The zero-order valence-corrected chi connectivity index (χ0v) is 8.60. The van der Waals surface area contributed by atoms with Crippen LogP contribution in [0.15, 0.2) is 11.1 Å². The van der Waals surface area contributed by atoms with Crippen LogP contribution in [0, 0.1) is 0 Å². The fourth-order valence-corrected chi connectivity index (χ4v) is 1.17. The topological polar surface area (TPSA) is 98.5 Å². The summed E-state index contributed by atoms with van der Waals surface area (Å²) < 4.78 is 0. The Bertz CT molecular complexity index is 558. The van der Waals surface area contributed by atoms with Gasteiger partial charge in [0, 0.05) is 7.05 Å². The molecule has 0 aromatic carbocycles. The number of rotatable bonds is 1. The van der Waals surface area contributed by atoms with Crippen molar-refractivity contribution >= 4 is 34.4 Å². The minimum atomic E-state index is -0.293. The molecule has 0 aliphatic rings. The van der Waals surface area contributed by atoms with Crippen molar-refractivity contribution in [3.05, 3.63) is 16.7 Å². The predicted molar refractivity (Wildman–Crippen MR) is 59.8 cm³/mol. The number of imidazole rings is 1. The number of aromatic amines is 2. The zero-order valence-electron chi connectivity index (χ0n) is 7.79. The Morgan fingerprint density at radius 1 is 1.60 bits per heavy atom. The van der Waals surface area contributed by atoms with Crippen molar-refractivity contribution in [2.45, 2.75) is 0 Å². The van der Waals surface area contributed by atoms with Crippen molar-refractivity contribution in [3.63, 3.8) is 0 Å². The summed E-state index contributed by atoms with van der Waals surface area (Å²) in [6, 6.07) is 0. The van der Waals surface area contributed by atoms with E-state index in [0.717, 1.165) is 0 Å². The van der Waals surface area contributed by atoms with E-state index in [4.69, 9.17) is 12.2 Å². The first-order valence-electron chi connectivity index (χ1n) is 4.13. The molecule has 0 amide bonds. The van der Waals surface area contributed by atoms with Crippen molar-refractivity contribution in [3.8, 4) is 0 Å². The number of hydrogen-bond donors (Lipinski definition) is 4. The lowest BCUT2D eigenvalue weighted by Gasteiger charge is -2.04. The van der Waals surface area contributed by atoms with Crippen LogP contribution in [-0.2, 0) is 0 Å². The van der Waals surface area contributed by atoms with Gasteiger partial charge in [0.1, 0.15) is 0 Å². The molecule has 4 N–H and O–H groups in total. The Kier molecular flexibility index (Phi) is 2.34. The molecule has 0 unspecified atom stereocenters. The second kappa shape index (κ2) is 3.65. The van der Waals surface area contributed by atoms with Crippen molar-refractivity contribution in [1.82, 2.24) is 25.3 Å². The summed E-state index contributed by atoms with van der Waals surface area (Å²) in [6.45, 7) is 0. The van der Waals surface area contributed by atoms with Gasteiger partial charge in [-0.05, 0) is 12.2 Å². The maximum Gasteiger partial charge on any atom is 0.278 e. The average Bonchev–Trinajstić information content (AvgIpc) is 2.66. The van der Waals surface area contributed by atoms with Gasteiger partial charge in [-0.3, -0.25) is 9.78 Å². The highest BCUT2D eigenvalue weighted by atomic mass is 32.1. The molecule has 2 rings (SSSR count). The molecule has 0 aliphatic carbocycles. The highest BCUT2D eigenvalue weighted by molar-refractivity contribution is 7.80. The summed E-state index contributed by atoms with van der Waals surface area (Å²) in [7, 11) is 1.67. The molecule has 0 bridgehead atoms. The third-order valence-corrected chi connectivity index (χ3v) is 2.06. The lowest BCUT2D eigenvalue weighted by atomic mass is 10.5. The minimum Gasteiger partial charge on any atom is -0.365 e. The molecule has 0 spiro atoms. The van der Waals surface area contributed by atoms with E-state index in [2.05, 4.69) is 30.6 Å². The predicted octanol–water partition coefficient (Wildman–Crippen LogP) is -0.438. The molecular formula is C7H8N6OS. The van der Waals surface area contributed by atoms with Gasteiger partial charge in [0.2, 0.25) is 5.95 Å². The van der Waals surface area contributed by atoms with Crippen LogP contribution in [-0.4, -0.2) is 32.1 Å². The fraction of sp³-hybridized carbons (Fsp3) is 0.143. The summed E-state index contributed by atoms with van der Waals surface area (Å²) in [5.74, 6) is 0.263. The number of hydrogen-bond acceptors (Lipinski definition) is 4. The van der Waals surface area contributed by atoms with Gasteiger partial charge in [-0.15, -0.1) is 0 Å². The first-order valence-corrected chi connectivity index (χ1v) is 4.53. The van der Waals surface area contributed by atoms with Crippen molar-refractivity contribution in [2.75, 3.05) is 12.4 Å². The number of nitrogens with one attached hydrogen (secondary N) is 4. The first-order chi connectivity index (χ1) is 7.20. The number of anilines is 1. The molecule has 8 heteroatoms. The largest absolute Gasteiger partial charge is 0.365 e. The SMILES string of the molecule is CNC(=S)Nc1nc2nc[nH]c2c(=O)[nH]1. The molecule has 15 heavy (non-hydrogen) atoms. The minimum absolute atomic E-state index is 0.263. The maximum absolute atomic E-state index is 11.5. The molecule has 2 heterocycles. The average molecular weight is 224 g/mol. The Morgan fingerprint density at radius 3 is 3.13 bits per heavy atom. The van der Waals surface area contributed by atoms with Crippen LogP contribution in [0.25, 0.3) is 11.2 Å². The summed E-state index contributed by atoms with van der Waals surface area (Å²) in [5, 5.41) is 5.79. The molecule has 78 valence electrons. The third-order valence-electron chi connectivity index (χ3n) is 1.76. The Morgan fingerprint density at radius 2 is 2.40 bits per heavy atom. The molecule has 0 saturated heterocycles. The van der Waals surface area contributed by atoms with Gasteiger partial charge in [0.15, 0.2) is 16.3 Å².